The van der Waals surface area contributed by atoms with E-state index in [-0.39, 0.29) is 11.5 Å². The molecule has 0 saturated carbocycles. The van der Waals surface area contributed by atoms with E-state index in [1.165, 1.54) is 24.8 Å². The molecular formula is C17H19FN6O2. The van der Waals surface area contributed by atoms with Crippen LogP contribution in [-0.4, -0.2) is 69.1 Å². The molecule has 2 aliphatic rings. The Bertz CT molecular complexity index is 765. The van der Waals surface area contributed by atoms with Crippen molar-refractivity contribution in [3.63, 3.8) is 0 Å². The molecule has 0 unspecified atom stereocenters. The molecule has 2 aromatic heterocycles. The third-order valence-electron chi connectivity index (χ3n) is 4.88. The van der Waals surface area contributed by atoms with Gasteiger partial charge in [-0.1, -0.05) is 0 Å². The van der Waals surface area contributed by atoms with Crippen LogP contribution in [0.2, 0.25) is 0 Å². The van der Waals surface area contributed by atoms with Gasteiger partial charge >= 0.3 is 0 Å². The van der Waals surface area contributed by atoms with E-state index in [2.05, 4.69) is 19.9 Å². The predicted octanol–water partition coefficient (Wildman–Crippen LogP) is 0.917. The Hall–Kier alpha value is -2.68. The number of nitrogens with zero attached hydrogens (tertiary/aromatic N) is 6. The predicted molar refractivity (Wildman–Crippen MR) is 90.1 cm³/mol. The van der Waals surface area contributed by atoms with Crippen molar-refractivity contribution in [2.45, 2.75) is 18.4 Å². The number of carbonyl (C=O) groups is 1. The number of halogens is 1. The molecule has 9 heteroatoms. The van der Waals surface area contributed by atoms with Crippen LogP contribution >= 0.6 is 0 Å². The number of hydrogen-bond acceptors (Lipinski definition) is 7. The van der Waals surface area contributed by atoms with Gasteiger partial charge in [-0.15, -0.1) is 0 Å². The lowest BCUT2D eigenvalue weighted by Crippen LogP contribution is -2.58. The largest absolute Gasteiger partial charge is 0.371 e. The third kappa shape index (κ3) is 3.34. The summed E-state index contributed by atoms with van der Waals surface area (Å²) in [7, 11) is 0. The van der Waals surface area contributed by atoms with E-state index in [9.17, 15) is 9.18 Å². The van der Waals surface area contributed by atoms with Crippen LogP contribution in [0.5, 0.6) is 0 Å². The Morgan fingerprint density at radius 1 is 1.08 bits per heavy atom. The summed E-state index contributed by atoms with van der Waals surface area (Å²) in [6.45, 7) is 3.03. The fourth-order valence-electron chi connectivity index (χ4n) is 3.48. The highest BCUT2D eigenvalue weighted by Crippen LogP contribution is 2.31. The molecule has 0 atom stereocenters. The monoisotopic (exact) mass is 358 g/mol. The minimum Gasteiger partial charge on any atom is -0.371 e. The summed E-state index contributed by atoms with van der Waals surface area (Å²) < 4.78 is 19.1. The van der Waals surface area contributed by atoms with Crippen molar-refractivity contribution < 1.29 is 13.9 Å². The van der Waals surface area contributed by atoms with Gasteiger partial charge in [-0.3, -0.25) is 9.78 Å². The normalized spacial score (nSPS) is 19.6. The van der Waals surface area contributed by atoms with Gasteiger partial charge in [-0.25, -0.2) is 19.3 Å². The molecule has 4 rings (SSSR count). The number of piperidine rings is 1. The van der Waals surface area contributed by atoms with Crippen LogP contribution in [0.1, 0.15) is 23.3 Å². The van der Waals surface area contributed by atoms with Gasteiger partial charge < -0.3 is 14.5 Å². The minimum absolute atomic E-state index is 0.109. The Morgan fingerprint density at radius 3 is 2.54 bits per heavy atom. The molecule has 0 aromatic carbocycles. The number of rotatable bonds is 2. The molecule has 2 fully saturated rings. The molecule has 136 valence electrons. The van der Waals surface area contributed by atoms with Gasteiger partial charge in [-0.2, -0.15) is 0 Å². The van der Waals surface area contributed by atoms with E-state index in [0.717, 1.165) is 12.8 Å². The van der Waals surface area contributed by atoms with Crippen LogP contribution in [0.15, 0.2) is 31.0 Å². The van der Waals surface area contributed by atoms with Crippen molar-refractivity contribution in [2.75, 3.05) is 37.7 Å². The lowest BCUT2D eigenvalue weighted by molar-refractivity contribution is -0.0872. The molecule has 1 amide bonds. The molecule has 26 heavy (non-hydrogen) atoms. The van der Waals surface area contributed by atoms with Crippen LogP contribution in [-0.2, 0) is 4.74 Å². The molecule has 2 aliphatic heterocycles. The molecule has 1 spiro atoms. The minimum atomic E-state index is -0.451. The summed E-state index contributed by atoms with van der Waals surface area (Å²) in [5.41, 5.74) is 0.0177. The Balaban J connectivity index is 1.41. The summed E-state index contributed by atoms with van der Waals surface area (Å²) in [6.07, 6.45) is 8.33. The van der Waals surface area contributed by atoms with Crippen LogP contribution in [0.25, 0.3) is 0 Å². The summed E-state index contributed by atoms with van der Waals surface area (Å²) in [4.78, 5) is 32.5. The highest BCUT2D eigenvalue weighted by Gasteiger charge is 2.41. The fourth-order valence-corrected chi connectivity index (χ4v) is 3.48. The van der Waals surface area contributed by atoms with Crippen molar-refractivity contribution in [1.82, 2.24) is 24.8 Å². The summed E-state index contributed by atoms with van der Waals surface area (Å²) in [5, 5.41) is 0. The fraction of sp³-hybridized carbons (Fsp3) is 0.471. The lowest BCUT2D eigenvalue weighted by Gasteiger charge is -2.47. The van der Waals surface area contributed by atoms with E-state index in [4.69, 9.17) is 4.74 Å². The average molecular weight is 358 g/mol. The smallest absolute Gasteiger partial charge is 0.274 e. The van der Waals surface area contributed by atoms with Gasteiger partial charge in [0.05, 0.1) is 37.3 Å². The number of amides is 1. The van der Waals surface area contributed by atoms with Gasteiger partial charge in [0, 0.05) is 32.0 Å². The maximum absolute atomic E-state index is 13.0. The second kappa shape index (κ2) is 6.91. The molecule has 4 heterocycles. The second-order valence-electron chi connectivity index (χ2n) is 6.54. The molecule has 8 nitrogen and oxygen atoms in total. The first-order valence-electron chi connectivity index (χ1n) is 8.57. The van der Waals surface area contributed by atoms with E-state index < -0.39 is 5.82 Å². The van der Waals surface area contributed by atoms with E-state index in [0.29, 0.717) is 44.4 Å². The maximum Gasteiger partial charge on any atom is 0.274 e. The number of ether oxygens (including phenoxy) is 1. The van der Waals surface area contributed by atoms with Crippen molar-refractivity contribution in [2.24, 2.45) is 0 Å². The zero-order valence-electron chi connectivity index (χ0n) is 14.2. The van der Waals surface area contributed by atoms with Gasteiger partial charge in [-0.05, 0) is 12.8 Å². The number of likely N-dealkylation sites (tertiary alicyclic amines) is 1. The van der Waals surface area contributed by atoms with E-state index in [1.54, 1.807) is 11.1 Å². The van der Waals surface area contributed by atoms with Crippen molar-refractivity contribution in [3.8, 4) is 0 Å². The van der Waals surface area contributed by atoms with Gasteiger partial charge in [0.1, 0.15) is 5.69 Å². The van der Waals surface area contributed by atoms with E-state index in [1.807, 2.05) is 4.90 Å². The maximum atomic E-state index is 13.0. The number of hydrogen-bond donors (Lipinski definition) is 0. The van der Waals surface area contributed by atoms with Crippen LogP contribution in [0.4, 0.5) is 10.3 Å². The number of aromatic nitrogens is 4. The van der Waals surface area contributed by atoms with Crippen LogP contribution < -0.4 is 4.90 Å². The lowest BCUT2D eigenvalue weighted by atomic mass is 9.89. The zero-order chi connectivity index (χ0) is 18.0. The Kier molecular flexibility index (Phi) is 4.46. The third-order valence-corrected chi connectivity index (χ3v) is 4.88. The molecule has 2 aromatic rings. The molecule has 0 radical (unpaired) electrons. The molecule has 0 bridgehead atoms. The Labute approximate surface area is 150 Å². The first kappa shape index (κ1) is 16.8. The quantitative estimate of drug-likeness (QED) is 0.789. The SMILES string of the molecule is O=C(c1cnccn1)N1CCC2(CC1)CN(c1ncc(F)cn1)CCO2. The summed E-state index contributed by atoms with van der Waals surface area (Å²) >= 11 is 0. The van der Waals surface area contributed by atoms with Gasteiger partial charge in [0.25, 0.3) is 5.91 Å². The number of morpholine rings is 1. The summed E-state index contributed by atoms with van der Waals surface area (Å²) in [5.74, 6) is -0.0535. The first-order valence-corrected chi connectivity index (χ1v) is 8.57. The Morgan fingerprint density at radius 2 is 1.85 bits per heavy atom. The highest BCUT2D eigenvalue weighted by atomic mass is 19.1. The van der Waals surface area contributed by atoms with Crippen molar-refractivity contribution in [3.05, 3.63) is 42.5 Å². The molecular weight excluding hydrogens is 339 g/mol. The molecule has 2 saturated heterocycles. The van der Waals surface area contributed by atoms with Crippen molar-refractivity contribution in [1.29, 1.82) is 0 Å². The van der Waals surface area contributed by atoms with Gasteiger partial charge in [0.15, 0.2) is 5.82 Å². The number of anilines is 1. The van der Waals surface area contributed by atoms with E-state index >= 15 is 0 Å². The average Bonchev–Trinajstić information content (AvgIpc) is 2.69. The zero-order valence-corrected chi connectivity index (χ0v) is 14.2. The topological polar surface area (TPSA) is 84.3 Å². The first-order chi connectivity index (χ1) is 12.7. The van der Waals surface area contributed by atoms with Gasteiger partial charge in [0.2, 0.25) is 5.95 Å². The van der Waals surface area contributed by atoms with Crippen LogP contribution in [0, 0.1) is 5.82 Å². The standard InChI is InChI=1S/C17H19FN6O2/c18-13-9-21-16(22-10-13)24-7-8-26-17(12-24)1-5-23(6-2-17)15(25)14-11-19-3-4-20-14/h3-4,9-11H,1-2,5-8,12H2. The number of carbonyl (C=O) groups excluding carboxylic acids is 1. The summed E-state index contributed by atoms with van der Waals surface area (Å²) in [6, 6.07) is 0. The van der Waals surface area contributed by atoms with Crippen molar-refractivity contribution >= 4 is 11.9 Å². The second-order valence-corrected chi connectivity index (χ2v) is 6.54. The molecule has 0 N–H and O–H groups in total. The molecule has 0 aliphatic carbocycles. The van der Waals surface area contributed by atoms with Crippen LogP contribution in [0.3, 0.4) is 0 Å². The highest BCUT2D eigenvalue weighted by molar-refractivity contribution is 5.92.